The zero-order chi connectivity index (χ0) is 13.7. The van der Waals surface area contributed by atoms with E-state index in [0.717, 1.165) is 36.6 Å². The molecule has 1 amide bonds. The first-order valence-corrected chi connectivity index (χ1v) is 7.46. The van der Waals surface area contributed by atoms with Crippen LogP contribution in [0, 0.1) is 0 Å². The number of hydrogen-bond donors (Lipinski definition) is 1. The minimum absolute atomic E-state index is 0.0425. The van der Waals surface area contributed by atoms with Crippen LogP contribution in [0.25, 0.3) is 0 Å². The number of thioether (sulfide) groups is 1. The Balaban J connectivity index is 1.82. The highest BCUT2D eigenvalue weighted by Gasteiger charge is 2.18. The molecule has 1 aromatic rings. The van der Waals surface area contributed by atoms with E-state index in [2.05, 4.69) is 11.9 Å². The van der Waals surface area contributed by atoms with E-state index in [0.29, 0.717) is 5.75 Å². The summed E-state index contributed by atoms with van der Waals surface area (Å²) in [4.78, 5) is 17.3. The predicted molar refractivity (Wildman–Crippen MR) is 77.2 cm³/mol. The molecule has 0 radical (unpaired) electrons. The van der Waals surface area contributed by atoms with Crippen molar-refractivity contribution in [1.82, 2.24) is 9.80 Å². The summed E-state index contributed by atoms with van der Waals surface area (Å²) in [6, 6.07) is 7.70. The predicted octanol–water partition coefficient (Wildman–Crippen LogP) is 1.04. The third-order valence-electron chi connectivity index (χ3n) is 3.30. The smallest absolute Gasteiger partial charge is 0.233 e. The number of carbonyl (C=O) groups excluding carboxylic acids is 1. The molecule has 5 heteroatoms. The molecule has 1 aliphatic heterocycles. The van der Waals surface area contributed by atoms with Crippen molar-refractivity contribution in [3.8, 4) is 0 Å². The molecule has 1 aromatic carbocycles. The van der Waals surface area contributed by atoms with Crippen molar-refractivity contribution in [2.45, 2.75) is 11.5 Å². The summed E-state index contributed by atoms with van der Waals surface area (Å²) >= 11 is 1.54. The fourth-order valence-corrected chi connectivity index (χ4v) is 2.91. The third-order valence-corrected chi connectivity index (χ3v) is 4.28. The van der Waals surface area contributed by atoms with Crippen LogP contribution in [0.15, 0.2) is 29.2 Å². The lowest BCUT2D eigenvalue weighted by atomic mass is 10.2. The highest BCUT2D eigenvalue weighted by Crippen LogP contribution is 2.20. The maximum Gasteiger partial charge on any atom is 0.233 e. The number of aliphatic hydroxyl groups excluding tert-OH is 1. The maximum atomic E-state index is 12.1. The Morgan fingerprint density at radius 2 is 2.05 bits per heavy atom. The fraction of sp³-hybridized carbons (Fsp3) is 0.500. The van der Waals surface area contributed by atoms with Crippen LogP contribution in [0.5, 0.6) is 0 Å². The second kappa shape index (κ2) is 6.93. The Kier molecular flexibility index (Phi) is 5.24. The van der Waals surface area contributed by atoms with Crippen LogP contribution >= 0.6 is 11.8 Å². The van der Waals surface area contributed by atoms with Crippen molar-refractivity contribution >= 4 is 17.7 Å². The van der Waals surface area contributed by atoms with E-state index in [9.17, 15) is 4.79 Å². The molecule has 0 spiro atoms. The second-order valence-corrected chi connectivity index (χ2v) is 5.83. The molecule has 1 N–H and O–H groups in total. The number of nitrogens with zero attached hydrogens (tertiary/aromatic N) is 2. The van der Waals surface area contributed by atoms with Crippen LogP contribution in [-0.2, 0) is 11.4 Å². The number of carbonyl (C=O) groups is 1. The molecular formula is C14H20N2O2S. The molecule has 0 bridgehead atoms. The quantitative estimate of drug-likeness (QED) is 0.837. The van der Waals surface area contributed by atoms with Gasteiger partial charge in [-0.15, -0.1) is 11.8 Å². The minimum Gasteiger partial charge on any atom is -0.392 e. The molecule has 1 aliphatic rings. The number of hydrogen-bond acceptors (Lipinski definition) is 4. The number of benzene rings is 1. The molecule has 0 atom stereocenters. The van der Waals surface area contributed by atoms with Gasteiger partial charge in [0.1, 0.15) is 0 Å². The Hall–Kier alpha value is -1.04. The highest BCUT2D eigenvalue weighted by atomic mass is 32.2. The molecule has 19 heavy (non-hydrogen) atoms. The van der Waals surface area contributed by atoms with Gasteiger partial charge in [-0.05, 0) is 24.7 Å². The summed E-state index contributed by atoms with van der Waals surface area (Å²) in [5.74, 6) is 0.672. The molecule has 1 fully saturated rings. The van der Waals surface area contributed by atoms with Crippen LogP contribution in [-0.4, -0.2) is 59.8 Å². The maximum absolute atomic E-state index is 12.1. The van der Waals surface area contributed by atoms with Crippen molar-refractivity contribution < 1.29 is 9.90 Å². The van der Waals surface area contributed by atoms with Crippen molar-refractivity contribution in [2.24, 2.45) is 0 Å². The molecular weight excluding hydrogens is 260 g/mol. The lowest BCUT2D eigenvalue weighted by Crippen LogP contribution is -2.47. The molecule has 1 heterocycles. The molecule has 104 valence electrons. The number of rotatable bonds is 4. The van der Waals surface area contributed by atoms with Gasteiger partial charge in [0.05, 0.1) is 12.4 Å². The minimum atomic E-state index is 0.0425. The molecule has 2 rings (SSSR count). The average Bonchev–Trinajstić information content (AvgIpc) is 2.46. The molecule has 0 aromatic heterocycles. The van der Waals surface area contributed by atoms with Gasteiger partial charge in [0.2, 0.25) is 5.91 Å². The molecule has 1 saturated heterocycles. The second-order valence-electron chi connectivity index (χ2n) is 4.78. The van der Waals surface area contributed by atoms with Crippen molar-refractivity contribution in [2.75, 3.05) is 39.0 Å². The number of piperazine rings is 1. The van der Waals surface area contributed by atoms with Crippen molar-refractivity contribution in [1.29, 1.82) is 0 Å². The zero-order valence-electron chi connectivity index (χ0n) is 11.2. The summed E-state index contributed by atoms with van der Waals surface area (Å²) in [5, 5.41) is 9.08. The summed E-state index contributed by atoms with van der Waals surface area (Å²) in [6.07, 6.45) is 0. The number of likely N-dealkylation sites (N-methyl/N-ethyl adjacent to an activating group) is 1. The van der Waals surface area contributed by atoms with Gasteiger partial charge in [0, 0.05) is 31.1 Å². The van der Waals surface area contributed by atoms with E-state index in [1.165, 1.54) is 11.8 Å². The lowest BCUT2D eigenvalue weighted by Gasteiger charge is -2.32. The van der Waals surface area contributed by atoms with E-state index in [4.69, 9.17) is 5.11 Å². The fourth-order valence-electron chi connectivity index (χ4n) is 2.03. The first-order chi connectivity index (χ1) is 9.19. The van der Waals surface area contributed by atoms with Crippen LogP contribution < -0.4 is 0 Å². The number of amides is 1. The topological polar surface area (TPSA) is 43.8 Å². The van der Waals surface area contributed by atoms with E-state index in [1.54, 1.807) is 0 Å². The van der Waals surface area contributed by atoms with Gasteiger partial charge in [0.15, 0.2) is 0 Å². The lowest BCUT2D eigenvalue weighted by molar-refractivity contribution is -0.129. The van der Waals surface area contributed by atoms with Crippen molar-refractivity contribution in [3.63, 3.8) is 0 Å². The van der Waals surface area contributed by atoms with Gasteiger partial charge >= 0.3 is 0 Å². The van der Waals surface area contributed by atoms with Crippen LogP contribution in [0.4, 0.5) is 0 Å². The summed E-state index contributed by atoms with van der Waals surface area (Å²) < 4.78 is 0. The van der Waals surface area contributed by atoms with E-state index >= 15 is 0 Å². The Bertz CT molecular complexity index is 431. The Morgan fingerprint density at radius 1 is 1.32 bits per heavy atom. The van der Waals surface area contributed by atoms with E-state index in [-0.39, 0.29) is 12.5 Å². The van der Waals surface area contributed by atoms with Gasteiger partial charge < -0.3 is 14.9 Å². The zero-order valence-corrected chi connectivity index (χ0v) is 12.0. The standard InChI is InChI=1S/C14H20N2O2S/c1-15-5-7-16(8-6-15)14(18)11-19-13-4-2-3-12(9-13)10-17/h2-4,9,17H,5-8,10-11H2,1H3. The molecule has 0 aliphatic carbocycles. The Morgan fingerprint density at radius 3 is 2.74 bits per heavy atom. The van der Waals surface area contributed by atoms with E-state index < -0.39 is 0 Å². The summed E-state index contributed by atoms with van der Waals surface area (Å²) in [7, 11) is 2.08. The third kappa shape index (κ3) is 4.23. The van der Waals surface area contributed by atoms with Gasteiger partial charge in [-0.3, -0.25) is 4.79 Å². The van der Waals surface area contributed by atoms with Crippen LogP contribution in [0.3, 0.4) is 0 Å². The first kappa shape index (κ1) is 14.4. The largest absolute Gasteiger partial charge is 0.392 e. The normalized spacial score (nSPS) is 16.6. The Labute approximate surface area is 118 Å². The van der Waals surface area contributed by atoms with Gasteiger partial charge in [-0.25, -0.2) is 0 Å². The van der Waals surface area contributed by atoms with Gasteiger partial charge in [0.25, 0.3) is 0 Å². The van der Waals surface area contributed by atoms with Crippen LogP contribution in [0.1, 0.15) is 5.56 Å². The van der Waals surface area contributed by atoms with Gasteiger partial charge in [-0.2, -0.15) is 0 Å². The number of aliphatic hydroxyl groups is 1. The summed E-state index contributed by atoms with van der Waals surface area (Å²) in [6.45, 7) is 3.60. The summed E-state index contributed by atoms with van der Waals surface area (Å²) in [5.41, 5.74) is 0.886. The first-order valence-electron chi connectivity index (χ1n) is 6.48. The average molecular weight is 280 g/mol. The van der Waals surface area contributed by atoms with Gasteiger partial charge in [-0.1, -0.05) is 12.1 Å². The monoisotopic (exact) mass is 280 g/mol. The molecule has 4 nitrogen and oxygen atoms in total. The molecule has 0 unspecified atom stereocenters. The SMILES string of the molecule is CN1CCN(C(=O)CSc2cccc(CO)c2)CC1. The van der Waals surface area contributed by atoms with Crippen molar-refractivity contribution in [3.05, 3.63) is 29.8 Å². The van der Waals surface area contributed by atoms with Crippen LogP contribution in [0.2, 0.25) is 0 Å². The molecule has 0 saturated carbocycles. The highest BCUT2D eigenvalue weighted by molar-refractivity contribution is 8.00. The van der Waals surface area contributed by atoms with E-state index in [1.807, 2.05) is 29.2 Å².